The number of halogens is 1. The number of hydrogen-bond acceptors (Lipinski definition) is 6. The average molecular weight is 463 g/mol. The molecule has 0 amide bonds. The Morgan fingerprint density at radius 3 is 2.58 bits per heavy atom. The van der Waals surface area contributed by atoms with Crippen LogP contribution < -0.4 is 0 Å². The first-order valence-electron chi connectivity index (χ1n) is 12.3. The highest BCUT2D eigenvalue weighted by Crippen LogP contribution is 2.70. The highest BCUT2D eigenvalue weighted by atomic mass is 19.1. The Balaban J connectivity index is 1.53. The quantitative estimate of drug-likeness (QED) is 0.588. The van der Waals surface area contributed by atoms with Gasteiger partial charge in [-0.1, -0.05) is 13.8 Å². The normalized spacial score (nSPS) is 47.6. The van der Waals surface area contributed by atoms with Crippen LogP contribution in [0.15, 0.2) is 11.6 Å². The second-order valence-corrected chi connectivity index (χ2v) is 11.8. The molecule has 0 N–H and O–H groups in total. The van der Waals surface area contributed by atoms with Crippen LogP contribution in [0.25, 0.3) is 0 Å². The van der Waals surface area contributed by atoms with Crippen LogP contribution in [0, 0.1) is 28.6 Å². The lowest BCUT2D eigenvalue weighted by Gasteiger charge is -2.59. The van der Waals surface area contributed by atoms with Gasteiger partial charge in [0, 0.05) is 18.8 Å². The van der Waals surface area contributed by atoms with Gasteiger partial charge in [-0.2, -0.15) is 0 Å². The Morgan fingerprint density at radius 2 is 1.88 bits per heavy atom. The summed E-state index contributed by atoms with van der Waals surface area (Å²) in [5.41, 5.74) is -1.42. The molecule has 4 aliphatic carbocycles. The zero-order chi connectivity index (χ0) is 24.0. The molecular weight excluding hydrogens is 427 g/mol. The van der Waals surface area contributed by atoms with Crippen LogP contribution >= 0.6 is 0 Å². The van der Waals surface area contributed by atoms with Crippen molar-refractivity contribution in [1.82, 2.24) is 0 Å². The van der Waals surface area contributed by atoms with E-state index >= 15 is 4.39 Å². The van der Waals surface area contributed by atoms with Crippen molar-refractivity contribution in [3.8, 4) is 0 Å². The van der Waals surface area contributed by atoms with Gasteiger partial charge in [-0.3, -0.25) is 14.4 Å². The van der Waals surface area contributed by atoms with Crippen molar-refractivity contribution in [1.29, 1.82) is 0 Å². The van der Waals surface area contributed by atoms with Crippen molar-refractivity contribution in [3.05, 3.63) is 11.6 Å². The van der Waals surface area contributed by atoms with E-state index in [0.717, 1.165) is 12.8 Å². The zero-order valence-corrected chi connectivity index (χ0v) is 20.2. The van der Waals surface area contributed by atoms with Gasteiger partial charge >= 0.3 is 5.97 Å². The van der Waals surface area contributed by atoms with Gasteiger partial charge in [0.2, 0.25) is 5.78 Å². The number of Topliss-reactive ketones (excluding diaryl/α,β-unsaturated/α-hetero) is 1. The summed E-state index contributed by atoms with van der Waals surface area (Å²) in [6.07, 6.45) is 3.68. The third-order valence-electron chi connectivity index (χ3n) is 9.75. The van der Waals surface area contributed by atoms with E-state index in [4.69, 9.17) is 14.2 Å². The van der Waals surface area contributed by atoms with Crippen molar-refractivity contribution in [2.75, 3.05) is 6.61 Å². The number of rotatable bonds is 3. The van der Waals surface area contributed by atoms with Crippen LogP contribution in [0.1, 0.15) is 73.1 Å². The third-order valence-corrected chi connectivity index (χ3v) is 9.75. The Bertz CT molecular complexity index is 941. The molecule has 5 aliphatic rings. The first-order chi connectivity index (χ1) is 15.3. The highest BCUT2D eigenvalue weighted by molar-refractivity contribution is 5.93. The molecule has 1 aliphatic heterocycles. The van der Waals surface area contributed by atoms with Gasteiger partial charge < -0.3 is 14.2 Å². The minimum absolute atomic E-state index is 0.0265. The van der Waals surface area contributed by atoms with Crippen LogP contribution in [0.4, 0.5) is 4.39 Å². The molecule has 0 aromatic carbocycles. The number of esters is 1. The number of fused-ring (bicyclic) bond motifs is 7. The maximum absolute atomic E-state index is 15.6. The molecule has 3 saturated carbocycles. The zero-order valence-electron chi connectivity index (χ0n) is 20.2. The maximum atomic E-state index is 15.6. The molecule has 4 fully saturated rings. The van der Waals surface area contributed by atoms with E-state index in [-0.39, 0.29) is 41.3 Å². The van der Waals surface area contributed by atoms with Gasteiger partial charge in [-0.25, -0.2) is 4.39 Å². The molecular formula is C26H35FO6. The Hall–Kier alpha value is -1.60. The van der Waals surface area contributed by atoms with Crippen molar-refractivity contribution in [2.24, 2.45) is 28.6 Å². The molecule has 8 atom stereocenters. The van der Waals surface area contributed by atoms with E-state index in [2.05, 4.69) is 13.8 Å². The van der Waals surface area contributed by atoms with Gasteiger partial charge in [0.05, 0.1) is 6.10 Å². The van der Waals surface area contributed by atoms with Crippen molar-refractivity contribution in [3.63, 3.8) is 0 Å². The van der Waals surface area contributed by atoms with Crippen molar-refractivity contribution >= 4 is 17.5 Å². The molecule has 0 aromatic heterocycles. The second kappa shape index (κ2) is 7.20. The fourth-order valence-corrected chi connectivity index (χ4v) is 8.44. The van der Waals surface area contributed by atoms with Crippen molar-refractivity contribution in [2.45, 2.75) is 96.8 Å². The monoisotopic (exact) mass is 462 g/mol. The molecule has 0 radical (unpaired) electrons. The van der Waals surface area contributed by atoms with Gasteiger partial charge in [-0.05, 0) is 80.8 Å². The molecule has 1 saturated heterocycles. The van der Waals surface area contributed by atoms with Crippen LogP contribution in [-0.4, -0.2) is 47.8 Å². The topological polar surface area (TPSA) is 78.9 Å². The fraction of sp³-hybridized carbons (Fsp3) is 0.808. The van der Waals surface area contributed by atoms with Crippen molar-refractivity contribution < 1.29 is 33.0 Å². The van der Waals surface area contributed by atoms with Gasteiger partial charge in [0.1, 0.15) is 6.17 Å². The maximum Gasteiger partial charge on any atom is 0.303 e. The predicted molar refractivity (Wildman–Crippen MR) is 117 cm³/mol. The third kappa shape index (κ3) is 3.07. The summed E-state index contributed by atoms with van der Waals surface area (Å²) >= 11 is 0. The molecule has 33 heavy (non-hydrogen) atoms. The summed E-state index contributed by atoms with van der Waals surface area (Å²) in [4.78, 5) is 37.2. The Morgan fingerprint density at radius 1 is 1.15 bits per heavy atom. The minimum atomic E-state index is -1.22. The van der Waals surface area contributed by atoms with E-state index in [9.17, 15) is 14.4 Å². The van der Waals surface area contributed by atoms with E-state index in [1.165, 1.54) is 6.92 Å². The molecule has 0 unspecified atom stereocenters. The summed E-state index contributed by atoms with van der Waals surface area (Å²) in [6.45, 7) is 8.78. The lowest BCUT2D eigenvalue weighted by molar-refractivity contribution is -0.217. The summed E-state index contributed by atoms with van der Waals surface area (Å²) < 4.78 is 33.4. The molecule has 0 aromatic rings. The summed E-state index contributed by atoms with van der Waals surface area (Å²) in [6, 6.07) is 0. The Labute approximate surface area is 194 Å². The molecule has 5 rings (SSSR count). The first kappa shape index (κ1) is 23.2. The summed E-state index contributed by atoms with van der Waals surface area (Å²) in [5, 5.41) is 0. The van der Waals surface area contributed by atoms with Crippen LogP contribution in [0.3, 0.4) is 0 Å². The number of alkyl halides is 1. The summed E-state index contributed by atoms with van der Waals surface area (Å²) in [7, 11) is 0. The fourth-order valence-electron chi connectivity index (χ4n) is 8.44. The number of carbonyl (C=O) groups is 3. The number of allylic oxidation sites excluding steroid dienone is 1. The first-order valence-corrected chi connectivity index (χ1v) is 12.3. The van der Waals surface area contributed by atoms with Crippen LogP contribution in [0.2, 0.25) is 0 Å². The van der Waals surface area contributed by atoms with Crippen LogP contribution in [-0.2, 0) is 28.6 Å². The lowest BCUT2D eigenvalue weighted by Crippen LogP contribution is -2.61. The number of carbonyl (C=O) groups excluding carboxylic acids is 3. The van der Waals surface area contributed by atoms with Gasteiger partial charge in [0.15, 0.2) is 23.8 Å². The average Bonchev–Trinajstić information content (AvgIpc) is 3.13. The highest BCUT2D eigenvalue weighted by Gasteiger charge is 2.76. The van der Waals surface area contributed by atoms with Gasteiger partial charge in [0.25, 0.3) is 0 Å². The van der Waals surface area contributed by atoms with E-state index in [0.29, 0.717) is 31.3 Å². The Kier molecular flexibility index (Phi) is 5.05. The molecule has 0 spiro atoms. The molecule has 0 bridgehead atoms. The largest absolute Gasteiger partial charge is 0.458 e. The van der Waals surface area contributed by atoms with Crippen LogP contribution in [0.5, 0.6) is 0 Å². The number of hydrogen-bond donors (Lipinski definition) is 0. The van der Waals surface area contributed by atoms with E-state index in [1.807, 2.05) is 13.8 Å². The van der Waals surface area contributed by atoms with Gasteiger partial charge in [-0.15, -0.1) is 0 Å². The molecule has 1 heterocycles. The summed E-state index contributed by atoms with van der Waals surface area (Å²) in [5.74, 6) is -1.29. The molecule has 182 valence electrons. The molecule has 6 nitrogen and oxygen atoms in total. The smallest absolute Gasteiger partial charge is 0.303 e. The SMILES string of the molecule is CC(=O)OCC(=O)[C@@]12OC(C)(C)O[C@H]1C[C@H]1[C@@H]3C[C@H](F)C4=CC(=O)CC[C@]4(C)[C@H]3CC[C@@]12C. The van der Waals surface area contributed by atoms with E-state index < -0.39 is 35.0 Å². The predicted octanol–water partition coefficient (Wildman–Crippen LogP) is 4.10. The minimum Gasteiger partial charge on any atom is -0.458 e. The number of ketones is 2. The van der Waals surface area contributed by atoms with E-state index in [1.54, 1.807) is 6.08 Å². The lowest BCUT2D eigenvalue weighted by atomic mass is 9.46. The molecule has 7 heteroatoms. The standard InChI is InChI=1S/C26H35FO6/c1-14(28)31-13-21(30)26-22(32-23(2,3)33-26)12-18-16-11-20(27)19-10-15(29)6-8-24(19,4)17(16)7-9-25(18,26)5/h10,16-18,20,22H,6-9,11-13H2,1-5H3/t16-,17+,18+,20+,22+,24-,25+,26-/m1/s1. The number of ether oxygens (including phenoxy) is 3. The second-order valence-electron chi connectivity index (χ2n) is 11.8.